The summed E-state index contributed by atoms with van der Waals surface area (Å²) in [6.07, 6.45) is -6.30. The maximum absolute atomic E-state index is 10.9. The van der Waals surface area contributed by atoms with E-state index in [9.17, 15) is 5.11 Å². The molecule has 0 aromatic carbocycles. The van der Waals surface area contributed by atoms with Crippen molar-refractivity contribution in [3.63, 3.8) is 0 Å². The molecule has 2 heterocycles. The minimum Gasteiger partial charge on any atom is -0.415 e. The Balaban J connectivity index is 2.84. The fraction of sp³-hybridized carbons (Fsp3) is 1.00. The van der Waals surface area contributed by atoms with Gasteiger partial charge in [0, 0.05) is 0 Å². The summed E-state index contributed by atoms with van der Waals surface area (Å²) >= 11 is 0. The van der Waals surface area contributed by atoms with Crippen molar-refractivity contribution in [1.29, 1.82) is 0 Å². The van der Waals surface area contributed by atoms with E-state index in [2.05, 4.69) is 137 Å². The smallest absolute Gasteiger partial charge is 0.187 e. The predicted octanol–water partition coefficient (Wildman–Crippen LogP) is 7.62. The highest BCUT2D eigenvalue weighted by Crippen LogP contribution is 2.39. The summed E-state index contributed by atoms with van der Waals surface area (Å²) in [4.78, 5) is 0. The molecule has 0 saturated carbocycles. The van der Waals surface area contributed by atoms with Crippen LogP contribution in [0.3, 0.4) is 0 Å². The van der Waals surface area contributed by atoms with Crippen LogP contribution in [0.1, 0.15) is 0 Å². The van der Waals surface area contributed by atoms with E-state index in [1.54, 1.807) is 0 Å². The first-order valence-corrected chi connectivity index (χ1v) is 42.7. The lowest BCUT2D eigenvalue weighted by molar-refractivity contribution is -0.345. The minimum absolute atomic E-state index is 0.258. The van der Waals surface area contributed by atoms with Gasteiger partial charge in [0.2, 0.25) is 0 Å². The number of hydrogen-bond acceptors (Lipinski definition) is 11. The van der Waals surface area contributed by atoms with Gasteiger partial charge in [0.25, 0.3) is 0 Å². The van der Waals surface area contributed by atoms with E-state index in [1.165, 1.54) is 0 Å². The van der Waals surface area contributed by atoms with Crippen molar-refractivity contribution in [3.05, 3.63) is 0 Å². The normalized spacial score (nSPS) is 32.4. The van der Waals surface area contributed by atoms with Crippen molar-refractivity contribution in [2.45, 2.75) is 199 Å². The van der Waals surface area contributed by atoms with Gasteiger partial charge in [-0.25, -0.2) is 0 Å². The molecule has 11 nitrogen and oxygen atoms in total. The molecule has 0 radical (unpaired) electrons. The van der Waals surface area contributed by atoms with Crippen molar-refractivity contribution in [1.82, 2.24) is 0 Å². The van der Waals surface area contributed by atoms with E-state index in [-0.39, 0.29) is 6.61 Å². The first kappa shape index (κ1) is 48.2. The largest absolute Gasteiger partial charge is 0.415 e. The number of ether oxygens (including phenoxy) is 3. The Morgan fingerprint density at radius 3 is 1.08 bits per heavy atom. The monoisotopic (exact) mass is 846 g/mol. The molecule has 51 heavy (non-hydrogen) atoms. The number of hydrogen-bond donors (Lipinski definition) is 1. The molecule has 10 atom stereocenters. The molecule has 2 rings (SSSR count). The first-order chi connectivity index (χ1) is 22.6. The lowest BCUT2D eigenvalue weighted by Gasteiger charge is -2.54. The number of aliphatic hydroxyl groups excluding tert-OH is 1. The maximum atomic E-state index is 10.9. The van der Waals surface area contributed by atoms with Gasteiger partial charge in [-0.1, -0.05) is 0 Å². The Morgan fingerprint density at radius 2 is 0.706 bits per heavy atom. The van der Waals surface area contributed by atoms with Gasteiger partial charge in [0.15, 0.2) is 70.8 Å². The Labute approximate surface area is 319 Å². The summed E-state index contributed by atoms with van der Waals surface area (Å²) < 4.78 is 69.2. The molecule has 0 aromatic heterocycles. The fourth-order valence-corrected chi connectivity index (χ4v) is 12.9. The van der Waals surface area contributed by atoms with Crippen LogP contribution in [0.4, 0.5) is 0 Å². The van der Waals surface area contributed by atoms with Crippen LogP contribution in [0.5, 0.6) is 0 Å². The summed E-state index contributed by atoms with van der Waals surface area (Å²) in [6, 6.07) is 0. The van der Waals surface area contributed by atoms with Crippen LogP contribution in [0, 0.1) is 0 Å². The SMILES string of the molecule is C[Si](C)(C)OCC1OC(O[Si](C)(C)C)C(O[Si](C)(C)C)C(O[Si](C)(C)C)C1OC1OC(CO)C(O[Si](C)(C)C)C(O[Si](C)(C)C)C1O[Si](C)(C)C. The first-order valence-electron chi connectivity index (χ1n) is 18.8. The maximum Gasteiger partial charge on any atom is 0.187 e. The van der Waals surface area contributed by atoms with Crippen molar-refractivity contribution in [2.24, 2.45) is 0 Å². The molecular formula is C33H78O11Si7. The van der Waals surface area contributed by atoms with Gasteiger partial charge < -0.3 is 50.3 Å². The molecule has 0 aliphatic carbocycles. The van der Waals surface area contributed by atoms with E-state index in [4.69, 9.17) is 45.2 Å². The Morgan fingerprint density at radius 1 is 0.373 bits per heavy atom. The van der Waals surface area contributed by atoms with E-state index >= 15 is 0 Å². The summed E-state index contributed by atoms with van der Waals surface area (Å²) in [5, 5.41) is 10.9. The summed E-state index contributed by atoms with van der Waals surface area (Å²) in [5.74, 6) is 0. The quantitative estimate of drug-likeness (QED) is 0.138. The van der Waals surface area contributed by atoms with Crippen LogP contribution in [-0.4, -0.2) is 138 Å². The van der Waals surface area contributed by atoms with Gasteiger partial charge >= 0.3 is 0 Å². The molecule has 0 spiro atoms. The average molecular weight is 848 g/mol. The van der Waals surface area contributed by atoms with Gasteiger partial charge in [-0.05, 0) is 137 Å². The highest BCUT2D eigenvalue weighted by molar-refractivity contribution is 6.72. The standard InChI is InChI=1S/C33H78O11Si7/c1-45(2,3)35-23-25-26(28(40-47(7,8)9)31(43-50(16,17)18)33(37-25)44-51(19,20)21)38-32-30(42-49(13,14)15)29(41-48(10,11)12)27(24(22-34)36-32)39-46(4,5)6/h24-34H,22-23H2,1-21H3. The van der Waals surface area contributed by atoms with Crippen LogP contribution >= 0.6 is 0 Å². The number of aliphatic hydroxyl groups is 1. The third kappa shape index (κ3) is 17.8. The van der Waals surface area contributed by atoms with E-state index < -0.39 is 120 Å². The van der Waals surface area contributed by atoms with Gasteiger partial charge in [-0.2, -0.15) is 0 Å². The van der Waals surface area contributed by atoms with Crippen LogP contribution in [0.15, 0.2) is 0 Å². The molecule has 0 aromatic rings. The third-order valence-electron chi connectivity index (χ3n) is 7.25. The van der Waals surface area contributed by atoms with Crippen molar-refractivity contribution < 1.29 is 50.3 Å². The van der Waals surface area contributed by atoms with E-state index in [1.807, 2.05) is 0 Å². The zero-order chi connectivity index (χ0) is 39.8. The highest BCUT2D eigenvalue weighted by Gasteiger charge is 2.57. The average Bonchev–Trinajstić information content (AvgIpc) is 2.84. The van der Waals surface area contributed by atoms with Gasteiger partial charge in [0.1, 0.15) is 48.8 Å². The summed E-state index contributed by atoms with van der Waals surface area (Å²) in [6.45, 7) is 45.5. The number of rotatable bonds is 18. The predicted molar refractivity (Wildman–Crippen MR) is 224 cm³/mol. The van der Waals surface area contributed by atoms with E-state index in [0.29, 0.717) is 6.61 Å². The van der Waals surface area contributed by atoms with Crippen LogP contribution in [0.2, 0.25) is 137 Å². The molecule has 10 unspecified atom stereocenters. The van der Waals surface area contributed by atoms with Gasteiger partial charge in [-0.15, -0.1) is 0 Å². The summed E-state index contributed by atoms with van der Waals surface area (Å²) in [5.41, 5.74) is 0. The van der Waals surface area contributed by atoms with E-state index in [0.717, 1.165) is 0 Å². The Hall–Kier alpha value is 1.08. The molecule has 2 aliphatic heterocycles. The van der Waals surface area contributed by atoms with Crippen LogP contribution in [0.25, 0.3) is 0 Å². The molecule has 304 valence electrons. The Kier molecular flexibility index (Phi) is 16.7. The van der Waals surface area contributed by atoms with Gasteiger partial charge in [0.05, 0.1) is 13.2 Å². The molecule has 0 amide bonds. The molecule has 18 heteroatoms. The van der Waals surface area contributed by atoms with Crippen LogP contribution < -0.4 is 0 Å². The minimum atomic E-state index is -2.23. The second kappa shape index (κ2) is 17.7. The van der Waals surface area contributed by atoms with Crippen LogP contribution in [-0.2, 0) is 45.2 Å². The lowest BCUT2D eigenvalue weighted by atomic mass is 9.97. The molecule has 2 saturated heterocycles. The Bertz CT molecular complexity index is 1070. The summed E-state index contributed by atoms with van der Waals surface area (Å²) in [7, 11) is -15.0. The zero-order valence-corrected chi connectivity index (χ0v) is 43.2. The topological polar surface area (TPSA) is 113 Å². The highest BCUT2D eigenvalue weighted by atomic mass is 28.4. The fourth-order valence-electron chi connectivity index (χ4n) is 5.94. The zero-order valence-electron chi connectivity index (χ0n) is 36.2. The second-order valence-electron chi connectivity index (χ2n) is 21.0. The van der Waals surface area contributed by atoms with Crippen molar-refractivity contribution in [3.8, 4) is 0 Å². The second-order valence-corrected chi connectivity index (χ2v) is 52.3. The molecule has 2 fully saturated rings. The molecule has 1 N–H and O–H groups in total. The van der Waals surface area contributed by atoms with Crippen molar-refractivity contribution >= 4 is 58.2 Å². The molecule has 0 bridgehead atoms. The lowest BCUT2D eigenvalue weighted by Crippen LogP contribution is -2.70. The van der Waals surface area contributed by atoms with Crippen molar-refractivity contribution in [2.75, 3.05) is 13.2 Å². The molecular weight excluding hydrogens is 769 g/mol. The third-order valence-corrected chi connectivity index (χ3v) is 14.1. The van der Waals surface area contributed by atoms with Gasteiger partial charge in [-0.3, -0.25) is 0 Å². The molecule has 2 aliphatic rings.